The summed E-state index contributed by atoms with van der Waals surface area (Å²) >= 11 is 0. The largest absolute Gasteiger partial charge is 0.496 e. The summed E-state index contributed by atoms with van der Waals surface area (Å²) in [4.78, 5) is 1.96. The van der Waals surface area contributed by atoms with Gasteiger partial charge in [-0.05, 0) is 12.5 Å². The van der Waals surface area contributed by atoms with Crippen molar-refractivity contribution in [1.82, 2.24) is 4.90 Å². The van der Waals surface area contributed by atoms with Crippen LogP contribution in [0.5, 0.6) is 5.75 Å². The molecule has 0 bridgehead atoms. The zero-order chi connectivity index (χ0) is 12.0. The molecule has 0 saturated heterocycles. The normalized spacial score (nSPS) is 9.94. The first-order valence-corrected chi connectivity index (χ1v) is 5.59. The highest BCUT2D eigenvalue weighted by Crippen LogP contribution is 2.18. The van der Waals surface area contributed by atoms with Crippen LogP contribution in [0.2, 0.25) is 0 Å². The zero-order valence-corrected chi connectivity index (χ0v) is 10.3. The number of ether oxygens (including phenoxy) is 1. The van der Waals surface area contributed by atoms with E-state index in [1.54, 1.807) is 7.11 Å². The lowest BCUT2D eigenvalue weighted by molar-refractivity contribution is 0.396. The van der Waals surface area contributed by atoms with Crippen LogP contribution in [0.4, 0.5) is 0 Å². The Balaban J connectivity index is 2.68. The Labute approximate surface area is 97.5 Å². The Kier molecular flexibility index (Phi) is 4.83. The Morgan fingerprint density at radius 1 is 1.38 bits per heavy atom. The fraction of sp³-hybridized carbons (Fsp3) is 0.462. The number of benzene rings is 1. The van der Waals surface area contributed by atoms with Gasteiger partial charge in [0.15, 0.2) is 0 Å². The average molecular weight is 220 g/mol. The van der Waals surface area contributed by atoms with E-state index >= 15 is 0 Å². The molecule has 0 heterocycles. The summed E-state index contributed by atoms with van der Waals surface area (Å²) in [5, 5.41) is 7.86. The van der Waals surface area contributed by atoms with Gasteiger partial charge in [0.05, 0.1) is 12.9 Å². The van der Waals surface area contributed by atoms with Gasteiger partial charge in [-0.1, -0.05) is 25.1 Å². The van der Waals surface area contributed by atoms with E-state index < -0.39 is 0 Å². The number of nitrogens with zero attached hydrogens (tertiary/aromatic N) is 1. The monoisotopic (exact) mass is 220 g/mol. The van der Waals surface area contributed by atoms with Crippen molar-refractivity contribution < 1.29 is 4.74 Å². The molecule has 1 rings (SSSR count). The number of rotatable bonds is 5. The summed E-state index contributed by atoms with van der Waals surface area (Å²) in [6.45, 7) is 2.81. The number of para-hydroxylation sites is 1. The number of hydrogen-bond acceptors (Lipinski definition) is 2. The summed E-state index contributed by atoms with van der Waals surface area (Å²) in [6.07, 6.45) is 1.83. The van der Waals surface area contributed by atoms with Gasteiger partial charge in [0.1, 0.15) is 5.75 Å². The molecule has 1 aromatic carbocycles. The van der Waals surface area contributed by atoms with Crippen LogP contribution in [0.1, 0.15) is 25.3 Å². The standard InChI is InChI=1S/C13H20N2O/c1-4-7-13(14)15(2)10-11-8-5-6-9-12(11)16-3/h5-6,8-9,14H,4,7,10H2,1-3H3. The van der Waals surface area contributed by atoms with E-state index in [0.29, 0.717) is 5.84 Å². The second-order valence-corrected chi connectivity index (χ2v) is 3.86. The van der Waals surface area contributed by atoms with Crippen LogP contribution in [0, 0.1) is 5.41 Å². The molecule has 3 heteroatoms. The van der Waals surface area contributed by atoms with E-state index in [-0.39, 0.29) is 0 Å². The van der Waals surface area contributed by atoms with Crippen LogP contribution >= 0.6 is 0 Å². The van der Waals surface area contributed by atoms with E-state index in [9.17, 15) is 0 Å². The van der Waals surface area contributed by atoms with Crippen LogP contribution in [-0.4, -0.2) is 24.9 Å². The molecule has 0 spiro atoms. The summed E-state index contributed by atoms with van der Waals surface area (Å²) < 4.78 is 5.29. The molecule has 3 nitrogen and oxygen atoms in total. The third-order valence-electron chi connectivity index (χ3n) is 2.55. The lowest BCUT2D eigenvalue weighted by Gasteiger charge is -2.20. The summed E-state index contributed by atoms with van der Waals surface area (Å²) in [5.74, 6) is 1.56. The fourth-order valence-corrected chi connectivity index (χ4v) is 1.61. The van der Waals surface area contributed by atoms with Crippen molar-refractivity contribution in [1.29, 1.82) is 5.41 Å². The van der Waals surface area contributed by atoms with Gasteiger partial charge in [0.2, 0.25) is 0 Å². The molecule has 1 N–H and O–H groups in total. The van der Waals surface area contributed by atoms with E-state index in [0.717, 1.165) is 30.7 Å². The SMILES string of the molecule is CCCC(=N)N(C)Cc1ccccc1OC. The summed E-state index contributed by atoms with van der Waals surface area (Å²) in [6, 6.07) is 7.94. The number of hydrogen-bond donors (Lipinski definition) is 1. The van der Waals surface area contributed by atoms with Crippen molar-refractivity contribution in [2.24, 2.45) is 0 Å². The van der Waals surface area contributed by atoms with Gasteiger partial charge in [0, 0.05) is 25.6 Å². The first-order valence-electron chi connectivity index (χ1n) is 5.59. The van der Waals surface area contributed by atoms with Crippen LogP contribution in [-0.2, 0) is 6.54 Å². The van der Waals surface area contributed by atoms with Gasteiger partial charge >= 0.3 is 0 Å². The van der Waals surface area contributed by atoms with Crippen molar-refractivity contribution >= 4 is 5.84 Å². The molecule has 0 fully saturated rings. The third kappa shape index (κ3) is 3.26. The lowest BCUT2D eigenvalue weighted by atomic mass is 10.2. The minimum Gasteiger partial charge on any atom is -0.496 e. The number of nitrogens with one attached hydrogen (secondary N) is 1. The minimum absolute atomic E-state index is 0.674. The molecular formula is C13H20N2O. The van der Waals surface area contributed by atoms with Gasteiger partial charge in [-0.15, -0.1) is 0 Å². The average Bonchev–Trinajstić information content (AvgIpc) is 2.30. The maximum Gasteiger partial charge on any atom is 0.123 e. The predicted molar refractivity (Wildman–Crippen MR) is 67.1 cm³/mol. The third-order valence-corrected chi connectivity index (χ3v) is 2.55. The van der Waals surface area contributed by atoms with Crippen LogP contribution in [0.3, 0.4) is 0 Å². The lowest BCUT2D eigenvalue weighted by Crippen LogP contribution is -2.25. The molecule has 0 aliphatic carbocycles. The molecule has 0 aliphatic rings. The molecule has 16 heavy (non-hydrogen) atoms. The smallest absolute Gasteiger partial charge is 0.123 e. The highest BCUT2D eigenvalue weighted by molar-refractivity contribution is 5.78. The van der Waals surface area contributed by atoms with Crippen molar-refractivity contribution in [3.63, 3.8) is 0 Å². The molecule has 88 valence electrons. The van der Waals surface area contributed by atoms with Crippen molar-refractivity contribution in [3.05, 3.63) is 29.8 Å². The Bertz CT molecular complexity index is 350. The molecule has 0 saturated carbocycles. The van der Waals surface area contributed by atoms with Crippen LogP contribution < -0.4 is 4.74 Å². The maximum atomic E-state index is 7.86. The van der Waals surface area contributed by atoms with Crippen molar-refractivity contribution in [2.45, 2.75) is 26.3 Å². The highest BCUT2D eigenvalue weighted by atomic mass is 16.5. The second-order valence-electron chi connectivity index (χ2n) is 3.86. The Morgan fingerprint density at radius 2 is 2.06 bits per heavy atom. The van der Waals surface area contributed by atoms with E-state index in [4.69, 9.17) is 10.1 Å². The fourth-order valence-electron chi connectivity index (χ4n) is 1.61. The van der Waals surface area contributed by atoms with Crippen molar-refractivity contribution in [2.75, 3.05) is 14.2 Å². The minimum atomic E-state index is 0.674. The highest BCUT2D eigenvalue weighted by Gasteiger charge is 2.07. The van der Waals surface area contributed by atoms with Gasteiger partial charge in [0.25, 0.3) is 0 Å². The van der Waals surface area contributed by atoms with E-state index in [2.05, 4.69) is 6.92 Å². The molecule has 0 radical (unpaired) electrons. The molecule has 0 aromatic heterocycles. The molecule has 1 aromatic rings. The number of amidine groups is 1. The van der Waals surface area contributed by atoms with E-state index in [1.807, 2.05) is 36.2 Å². The topological polar surface area (TPSA) is 36.3 Å². The first kappa shape index (κ1) is 12.6. The van der Waals surface area contributed by atoms with E-state index in [1.165, 1.54) is 0 Å². The molecule has 0 aliphatic heterocycles. The first-order chi connectivity index (χ1) is 7.69. The zero-order valence-electron chi connectivity index (χ0n) is 10.3. The number of methoxy groups -OCH3 is 1. The van der Waals surface area contributed by atoms with Crippen LogP contribution in [0.15, 0.2) is 24.3 Å². The maximum absolute atomic E-state index is 7.86. The summed E-state index contributed by atoms with van der Waals surface area (Å²) in [7, 11) is 3.63. The van der Waals surface area contributed by atoms with Gasteiger partial charge in [-0.25, -0.2) is 0 Å². The quantitative estimate of drug-likeness (QED) is 0.612. The summed E-state index contributed by atoms with van der Waals surface area (Å²) in [5.41, 5.74) is 1.12. The Hall–Kier alpha value is -1.51. The predicted octanol–water partition coefficient (Wildman–Crippen LogP) is 2.90. The molecule has 0 atom stereocenters. The second kappa shape index (κ2) is 6.16. The molecular weight excluding hydrogens is 200 g/mol. The molecule has 0 amide bonds. The van der Waals surface area contributed by atoms with Crippen LogP contribution in [0.25, 0.3) is 0 Å². The van der Waals surface area contributed by atoms with Crippen molar-refractivity contribution in [3.8, 4) is 5.75 Å². The van der Waals surface area contributed by atoms with Gasteiger partial charge < -0.3 is 9.64 Å². The van der Waals surface area contributed by atoms with Gasteiger partial charge in [-0.2, -0.15) is 0 Å². The Morgan fingerprint density at radius 3 is 2.69 bits per heavy atom. The van der Waals surface area contributed by atoms with Gasteiger partial charge in [-0.3, -0.25) is 5.41 Å². The molecule has 0 unspecified atom stereocenters.